The van der Waals surface area contributed by atoms with Crippen LogP contribution >= 0.6 is 0 Å². The van der Waals surface area contributed by atoms with E-state index in [9.17, 15) is 47.1 Å². The maximum absolute atomic E-state index is 14.6. The molecule has 6 amide bonds. The van der Waals surface area contributed by atoms with Crippen molar-refractivity contribution in [1.29, 1.82) is 0 Å². The summed E-state index contributed by atoms with van der Waals surface area (Å²) in [5, 5.41) is 27.1. The zero-order valence-corrected chi connectivity index (χ0v) is 58.5. The van der Waals surface area contributed by atoms with Gasteiger partial charge < -0.3 is 74.9 Å². The van der Waals surface area contributed by atoms with Crippen molar-refractivity contribution in [2.24, 2.45) is 23.7 Å². The molecule has 2 aromatic rings. The molecule has 11 rings (SSSR count). The Labute approximate surface area is 585 Å². The molecule has 2 unspecified atom stereocenters. The molecule has 9 bridgehead atoms. The minimum absolute atomic E-state index is 0.0108. The Morgan fingerprint density at radius 1 is 0.700 bits per heavy atom. The van der Waals surface area contributed by atoms with Gasteiger partial charge in [-0.15, -0.1) is 0 Å². The number of nitrogens with one attached hydrogen (secondary N) is 6. The highest BCUT2D eigenvalue weighted by molar-refractivity contribution is 7.90. The maximum Gasteiger partial charge on any atom is 0.246 e. The third-order valence-electron chi connectivity index (χ3n) is 21.4. The summed E-state index contributed by atoms with van der Waals surface area (Å²) >= 11 is 0. The van der Waals surface area contributed by atoms with Gasteiger partial charge in [-0.2, -0.15) is 0 Å². The summed E-state index contributed by atoms with van der Waals surface area (Å²) in [7, 11) is -1.92. The van der Waals surface area contributed by atoms with Gasteiger partial charge in [0, 0.05) is 121 Å². The summed E-state index contributed by atoms with van der Waals surface area (Å²) < 4.78 is 77.5. The molecular formula is C73H100N8O18S. The molecule has 100 heavy (non-hydrogen) atoms. The van der Waals surface area contributed by atoms with Crippen LogP contribution in [0.5, 0.6) is 0 Å². The topological polar surface area (TPSA) is 346 Å². The maximum atomic E-state index is 14.6. The molecule has 1 aromatic carbocycles. The van der Waals surface area contributed by atoms with Crippen molar-refractivity contribution >= 4 is 51.1 Å². The van der Waals surface area contributed by atoms with Gasteiger partial charge in [-0.05, 0) is 93.3 Å². The van der Waals surface area contributed by atoms with E-state index in [1.807, 2.05) is 0 Å². The Morgan fingerprint density at radius 2 is 1.40 bits per heavy atom. The molecule has 8 saturated heterocycles. The third kappa shape index (κ3) is 19.4. The Kier molecular flexibility index (Phi) is 25.5. The summed E-state index contributed by atoms with van der Waals surface area (Å²) in [5.74, 6) is 2.10. The smallest absolute Gasteiger partial charge is 0.246 e. The highest BCUT2D eigenvalue weighted by atomic mass is 32.2. The summed E-state index contributed by atoms with van der Waals surface area (Å²) in [4.78, 5) is 100.0. The van der Waals surface area contributed by atoms with E-state index in [0.29, 0.717) is 68.5 Å². The molecule has 9 aliphatic rings. The van der Waals surface area contributed by atoms with Gasteiger partial charge in [-0.25, -0.2) is 18.4 Å². The zero-order valence-electron chi connectivity index (χ0n) is 57.7. The molecule has 1 aliphatic carbocycles. The van der Waals surface area contributed by atoms with Crippen LogP contribution in [0.4, 0.5) is 0 Å². The number of fused-ring (bicyclic) bond motifs is 7. The molecule has 1 aromatic heterocycles. The van der Waals surface area contributed by atoms with E-state index in [4.69, 9.17) is 37.9 Å². The van der Waals surface area contributed by atoms with E-state index in [-0.39, 0.29) is 147 Å². The predicted octanol–water partition coefficient (Wildman–Crippen LogP) is 3.63. The van der Waals surface area contributed by atoms with Crippen LogP contribution in [0, 0.1) is 35.5 Å². The van der Waals surface area contributed by atoms with Gasteiger partial charge in [0.2, 0.25) is 50.4 Å². The molecule has 9 fully saturated rings. The van der Waals surface area contributed by atoms with Crippen LogP contribution in [0.2, 0.25) is 0 Å². The Bertz CT molecular complexity index is 3450. The lowest BCUT2D eigenvalue weighted by Gasteiger charge is -2.68. The van der Waals surface area contributed by atoms with Gasteiger partial charge in [0.1, 0.15) is 17.9 Å². The second-order valence-corrected chi connectivity index (χ2v) is 30.8. The molecule has 546 valence electrons. The van der Waals surface area contributed by atoms with Crippen LogP contribution in [-0.2, 0) is 87.7 Å². The van der Waals surface area contributed by atoms with Crippen molar-refractivity contribution in [2.75, 3.05) is 46.1 Å². The number of aliphatic hydroxyl groups excluding tert-OH is 1. The Balaban J connectivity index is 0.620. The van der Waals surface area contributed by atoms with E-state index in [2.05, 4.69) is 73.8 Å². The number of ketones is 1. The van der Waals surface area contributed by atoms with Crippen LogP contribution < -0.4 is 31.9 Å². The van der Waals surface area contributed by atoms with E-state index in [1.165, 1.54) is 12.4 Å². The number of aromatic nitrogens is 2. The molecule has 7 N–H and O–H groups in total. The van der Waals surface area contributed by atoms with Gasteiger partial charge in [0.05, 0.1) is 105 Å². The van der Waals surface area contributed by atoms with Gasteiger partial charge in [0.15, 0.2) is 5.79 Å². The van der Waals surface area contributed by atoms with E-state index in [0.717, 1.165) is 75.2 Å². The van der Waals surface area contributed by atoms with Gasteiger partial charge in [0.25, 0.3) is 0 Å². The second-order valence-electron chi connectivity index (χ2n) is 28.9. The van der Waals surface area contributed by atoms with Crippen LogP contribution in [-0.4, -0.2) is 208 Å². The first-order valence-corrected chi connectivity index (χ1v) is 37.9. The number of unbranched alkanes of at least 4 members (excludes halogenated alkanes) is 3. The lowest BCUT2D eigenvalue weighted by molar-refractivity contribution is -0.459. The molecule has 27 heteroatoms. The second kappa shape index (κ2) is 34.1. The first kappa shape index (κ1) is 74.6. The minimum Gasteiger partial charge on any atom is -0.391 e. The number of carbonyl (C=O) groups excluding carboxylic acids is 7. The summed E-state index contributed by atoms with van der Waals surface area (Å²) in [6.07, 6.45) is 11.2. The summed E-state index contributed by atoms with van der Waals surface area (Å²) in [6, 6.07) is 7.77. The molecule has 1 saturated carbocycles. The van der Waals surface area contributed by atoms with E-state index < -0.39 is 88.7 Å². The highest BCUT2D eigenvalue weighted by Gasteiger charge is 2.70. The number of carbonyl (C=O) groups is 7. The molecule has 26 nitrogen and oxygen atoms in total. The average Bonchev–Trinajstić information content (AvgIpc) is 0.761. The molecule has 0 radical (unpaired) electrons. The first-order valence-electron chi connectivity index (χ1n) is 36.0. The molecule has 9 heterocycles. The standard InChI is InChI=1S/C73H100N8O18S/c1-42-29-49-20-22-55-43(2)30-51(93-55)24-26-73-27-25-52-67-65(68(52)98-73)70(99-73)69-56(97-67)23-21-50(95-69)32-47(82)33-53-58(35-57(94-49)44(42)3)96-59(66(53)92-4)34-48(83)38-75-63(87)40-78-71(89)54(31-45-15-9-6-10-16-45)81-64(88)41-77-62(86)39-76-61(85)19-13-8-14-28-74-60(84)18-12-7-11-17-46-36-79-72(80-37-46)100(5,90)91/h6,9-10,15-16,36-37,42,48-59,65-70,83H,2-3,7-8,12-14,18-35,38-41H2,1,4-5H3,(H,74,84)(H,75,87)(H,76,85)(H,77,86)(H,78,89)(H,81,88)/t42-,48+,49+,50-,51+,52+,53+,54+,55+,56+,57-,58+,59-,65+,66-,67?,68?,69+,70-,73+/m1/s1. The predicted molar refractivity (Wildman–Crippen MR) is 362 cm³/mol. The van der Waals surface area contributed by atoms with Gasteiger partial charge in [-0.1, -0.05) is 68.7 Å². The number of nitrogens with zero attached hydrogens (tertiary/aromatic N) is 2. The highest BCUT2D eigenvalue weighted by Crippen LogP contribution is 2.60. The van der Waals surface area contributed by atoms with Crippen molar-refractivity contribution in [1.82, 2.24) is 41.9 Å². The Hall–Kier alpha value is -6.58. The fourth-order valence-electron chi connectivity index (χ4n) is 16.2. The number of sulfone groups is 1. The number of hydrogen-bond donors (Lipinski definition) is 7. The van der Waals surface area contributed by atoms with Crippen molar-refractivity contribution in [2.45, 2.75) is 251 Å². The van der Waals surface area contributed by atoms with Crippen molar-refractivity contribution in [3.63, 3.8) is 0 Å². The normalized spacial score (nSPS) is 32.8. The Morgan fingerprint density at radius 3 is 2.19 bits per heavy atom. The fourth-order valence-corrected chi connectivity index (χ4v) is 16.7. The third-order valence-corrected chi connectivity index (χ3v) is 22.3. The van der Waals surface area contributed by atoms with E-state index >= 15 is 0 Å². The van der Waals surface area contributed by atoms with Crippen LogP contribution in [0.1, 0.15) is 153 Å². The fraction of sp³-hybridized carbons (Fsp3) is 0.685. The van der Waals surface area contributed by atoms with Gasteiger partial charge >= 0.3 is 0 Å². The minimum atomic E-state index is -3.50. The molecule has 8 aliphatic heterocycles. The number of aliphatic hydroxyl groups is 1. The lowest BCUT2D eigenvalue weighted by atomic mass is 9.58. The van der Waals surface area contributed by atoms with E-state index in [1.54, 1.807) is 37.4 Å². The number of methoxy groups -OCH3 is 1. The van der Waals surface area contributed by atoms with Crippen molar-refractivity contribution in [3.8, 4) is 11.8 Å². The average molecular weight is 1410 g/mol. The first-order chi connectivity index (χ1) is 48.1. The van der Waals surface area contributed by atoms with Crippen molar-refractivity contribution < 1.29 is 85.0 Å². The number of rotatable bonds is 25. The van der Waals surface area contributed by atoms with Crippen LogP contribution in [0.15, 0.2) is 72.2 Å². The number of hydrogen-bond acceptors (Lipinski definition) is 20. The zero-order chi connectivity index (χ0) is 70.7. The summed E-state index contributed by atoms with van der Waals surface area (Å²) in [6.45, 7) is 10.0. The summed E-state index contributed by atoms with van der Waals surface area (Å²) in [5.41, 5.74) is 3.23. The number of ether oxygens (including phenoxy) is 8. The SMILES string of the molecule is C=C1C[C@@H]2CC[C@@]34CC[C@H]5C6O[C@H]7CC[C@H](CC(=O)C[C@@H]8[C@@H](OC)[C@@H](C[C@H](O)CNC(=O)CNC(=O)[C@H](Cc9ccccc9)NC(=O)CNC(=O)CNC(=O)CCCCCNC(=O)CCCC#Cc9cnc(S(C)(=O)=O)nc9)O[C@H]8C[C@H]8O[C@@H](CC[C@@H]1O2)C[C@@H](C)C8=C)O[C@@H]7[C@H](O3)[C@@H]6C5O4. The number of amides is 6. The monoisotopic (exact) mass is 1410 g/mol. The lowest BCUT2D eigenvalue weighted by Crippen LogP contribution is -2.78. The quantitative estimate of drug-likeness (QED) is 0.0323. The molecule has 20 atom stereocenters. The number of benzene rings is 1. The molecular weight excluding hydrogens is 1310 g/mol. The van der Waals surface area contributed by atoms with Crippen molar-refractivity contribution in [3.05, 3.63) is 78.2 Å². The number of Topliss-reactive ketones (excluding diaryl/α,β-unsaturated/α-hetero) is 1. The van der Waals surface area contributed by atoms with Gasteiger partial charge in [-0.3, -0.25) is 33.6 Å². The van der Waals surface area contributed by atoms with Crippen LogP contribution in [0.25, 0.3) is 0 Å². The molecule has 1 spiro atoms. The van der Waals surface area contributed by atoms with Crippen LogP contribution in [0.3, 0.4) is 0 Å². The largest absolute Gasteiger partial charge is 0.391 e.